The topological polar surface area (TPSA) is 116 Å². The molecule has 12 heteroatoms. The Morgan fingerprint density at radius 1 is 1.17 bits per heavy atom. The van der Waals surface area contributed by atoms with E-state index < -0.39 is 50.7 Å². The van der Waals surface area contributed by atoms with Gasteiger partial charge in [0.1, 0.15) is 11.2 Å². The van der Waals surface area contributed by atoms with E-state index in [2.05, 4.69) is 20.7 Å². The van der Waals surface area contributed by atoms with Crippen LogP contribution in [0.2, 0.25) is 10.0 Å². The fraction of sp³-hybridized carbons (Fsp3) is 0.517. The second-order valence-corrected chi connectivity index (χ2v) is 15.7. The third-order valence-electron chi connectivity index (χ3n) is 8.39. The van der Waals surface area contributed by atoms with Crippen molar-refractivity contribution in [2.75, 3.05) is 11.6 Å². The first-order valence-corrected chi connectivity index (χ1v) is 16.2. The molecule has 5 rings (SSSR count). The standard InChI is InChI=1S/C29H35Cl2FN4O4S/c1-27(2,3)14-21-29(18-10-9-15(30)11-20(18)34-26(29)38)22(17-7-6-8-19(31)23(17)32)24(35-21)25(37)33-16-12-28(4,13-16)36-41(5,39)40/h6-11,16,21-22,24,35-36H,12-14H2,1-5H3,(H,33,37)(H,34,38)/t16-,21-,22+,24-,28-,29+/m1/s1. The highest BCUT2D eigenvalue weighted by Crippen LogP contribution is 2.57. The van der Waals surface area contributed by atoms with Crippen molar-refractivity contribution >= 4 is 50.7 Å². The van der Waals surface area contributed by atoms with Crippen LogP contribution < -0.4 is 20.7 Å². The van der Waals surface area contributed by atoms with Crippen molar-refractivity contribution in [2.45, 2.75) is 82.0 Å². The Bertz CT molecular complexity index is 1520. The van der Waals surface area contributed by atoms with E-state index in [4.69, 9.17) is 23.2 Å². The lowest BCUT2D eigenvalue weighted by Gasteiger charge is -2.45. The van der Waals surface area contributed by atoms with Crippen LogP contribution in [0.5, 0.6) is 0 Å². The Labute approximate surface area is 250 Å². The van der Waals surface area contributed by atoms with Crippen LogP contribution in [-0.2, 0) is 25.0 Å². The summed E-state index contributed by atoms with van der Waals surface area (Å²) in [5, 5.41) is 9.77. The lowest BCUT2D eigenvalue weighted by atomic mass is 9.62. The average Bonchev–Trinajstić information content (AvgIpc) is 3.27. The molecule has 2 aromatic carbocycles. The normalized spacial score (nSPS) is 31.1. The number of rotatable bonds is 6. The molecule has 2 aliphatic heterocycles. The molecular formula is C29H35Cl2FN4O4S. The maximum Gasteiger partial charge on any atom is 0.238 e. The van der Waals surface area contributed by atoms with E-state index >= 15 is 4.39 Å². The number of hydrogen-bond acceptors (Lipinski definition) is 5. The van der Waals surface area contributed by atoms with Gasteiger partial charge in [0.2, 0.25) is 21.8 Å². The summed E-state index contributed by atoms with van der Waals surface area (Å²) in [5.74, 6) is -2.37. The Morgan fingerprint density at radius 3 is 2.49 bits per heavy atom. The van der Waals surface area contributed by atoms with Gasteiger partial charge < -0.3 is 16.0 Å². The molecule has 2 aromatic rings. The first-order valence-electron chi connectivity index (χ1n) is 13.5. The molecule has 1 aliphatic carbocycles. The number of halogens is 3. The van der Waals surface area contributed by atoms with E-state index in [1.807, 2.05) is 20.8 Å². The summed E-state index contributed by atoms with van der Waals surface area (Å²) in [6.07, 6.45) is 2.40. The second-order valence-electron chi connectivity index (χ2n) is 13.1. The molecule has 8 nitrogen and oxygen atoms in total. The molecule has 222 valence electrons. The minimum atomic E-state index is -3.42. The van der Waals surface area contributed by atoms with Crippen LogP contribution >= 0.6 is 23.2 Å². The molecule has 4 atom stereocenters. The molecule has 4 N–H and O–H groups in total. The van der Waals surface area contributed by atoms with Crippen molar-refractivity contribution in [1.82, 2.24) is 15.4 Å². The smallest absolute Gasteiger partial charge is 0.238 e. The quantitative estimate of drug-likeness (QED) is 0.378. The fourth-order valence-electron chi connectivity index (χ4n) is 7.10. The van der Waals surface area contributed by atoms with Gasteiger partial charge in [-0.25, -0.2) is 17.5 Å². The predicted octanol–water partition coefficient (Wildman–Crippen LogP) is 4.47. The van der Waals surface area contributed by atoms with Crippen molar-refractivity contribution in [1.29, 1.82) is 0 Å². The summed E-state index contributed by atoms with van der Waals surface area (Å²) < 4.78 is 42.0. The summed E-state index contributed by atoms with van der Waals surface area (Å²) in [6, 6.07) is 7.94. The highest BCUT2D eigenvalue weighted by Gasteiger charge is 2.66. The molecule has 3 aliphatic rings. The number of anilines is 1. The van der Waals surface area contributed by atoms with Gasteiger partial charge in [0.25, 0.3) is 0 Å². The van der Waals surface area contributed by atoms with E-state index in [1.165, 1.54) is 6.07 Å². The summed E-state index contributed by atoms with van der Waals surface area (Å²) in [5.41, 5.74) is -0.938. The number of fused-ring (bicyclic) bond motifs is 2. The zero-order valence-corrected chi connectivity index (χ0v) is 25.9. The Hall–Kier alpha value is -2.24. The van der Waals surface area contributed by atoms with E-state index in [-0.39, 0.29) is 28.0 Å². The average molecular weight is 626 g/mol. The minimum Gasteiger partial charge on any atom is -0.352 e. The molecule has 2 amide bonds. The van der Waals surface area contributed by atoms with Crippen molar-refractivity contribution in [2.24, 2.45) is 5.41 Å². The molecule has 0 bridgehead atoms. The van der Waals surface area contributed by atoms with E-state index in [0.29, 0.717) is 35.5 Å². The van der Waals surface area contributed by atoms with Crippen molar-refractivity contribution in [3.8, 4) is 0 Å². The van der Waals surface area contributed by atoms with Gasteiger partial charge in [-0.2, -0.15) is 0 Å². The SMILES string of the molecule is CC(C)(C)C[C@H]1N[C@@H](C(=O)N[C@H]2C[C@](C)(NS(C)(=O)=O)C2)[C@H](c2cccc(Cl)c2F)[C@@]12C(=O)Nc1cc(Cl)ccc12. The highest BCUT2D eigenvalue weighted by atomic mass is 35.5. The zero-order valence-electron chi connectivity index (χ0n) is 23.6. The third kappa shape index (κ3) is 5.49. The zero-order chi connectivity index (χ0) is 30.1. The number of sulfonamides is 1. The molecule has 41 heavy (non-hydrogen) atoms. The predicted molar refractivity (Wildman–Crippen MR) is 158 cm³/mol. The Morgan fingerprint density at radius 2 is 1.85 bits per heavy atom. The van der Waals surface area contributed by atoms with Gasteiger partial charge in [-0.3, -0.25) is 9.59 Å². The lowest BCUT2D eigenvalue weighted by Crippen LogP contribution is -2.63. The summed E-state index contributed by atoms with van der Waals surface area (Å²) in [6.45, 7) is 7.92. The van der Waals surface area contributed by atoms with Crippen LogP contribution in [0.15, 0.2) is 36.4 Å². The van der Waals surface area contributed by atoms with Crippen LogP contribution in [0.3, 0.4) is 0 Å². The van der Waals surface area contributed by atoms with Gasteiger partial charge in [-0.05, 0) is 60.9 Å². The third-order valence-corrected chi connectivity index (χ3v) is 9.78. The number of hydrogen-bond donors (Lipinski definition) is 4. The number of carbonyl (C=O) groups excluding carboxylic acids is 2. The molecule has 2 fully saturated rings. The molecule has 0 unspecified atom stereocenters. The molecular weight excluding hydrogens is 590 g/mol. The molecule has 0 aromatic heterocycles. The Balaban J connectivity index is 1.60. The van der Waals surface area contributed by atoms with Crippen LogP contribution in [-0.4, -0.2) is 50.2 Å². The van der Waals surface area contributed by atoms with Crippen LogP contribution in [0.1, 0.15) is 64.0 Å². The van der Waals surface area contributed by atoms with Gasteiger partial charge >= 0.3 is 0 Å². The van der Waals surface area contributed by atoms with Crippen molar-refractivity contribution < 1.29 is 22.4 Å². The Kier molecular flexibility index (Phi) is 7.51. The molecule has 2 heterocycles. The summed E-state index contributed by atoms with van der Waals surface area (Å²) in [7, 11) is -3.42. The highest BCUT2D eigenvalue weighted by molar-refractivity contribution is 7.88. The van der Waals surface area contributed by atoms with Crippen LogP contribution in [0, 0.1) is 11.2 Å². The number of benzene rings is 2. The van der Waals surface area contributed by atoms with E-state index in [0.717, 1.165) is 6.26 Å². The van der Waals surface area contributed by atoms with E-state index in [1.54, 1.807) is 37.3 Å². The van der Waals surface area contributed by atoms with Crippen molar-refractivity contribution in [3.63, 3.8) is 0 Å². The van der Waals surface area contributed by atoms with Crippen LogP contribution in [0.4, 0.5) is 10.1 Å². The summed E-state index contributed by atoms with van der Waals surface area (Å²) >= 11 is 12.5. The van der Waals surface area contributed by atoms with Crippen LogP contribution in [0.25, 0.3) is 0 Å². The van der Waals surface area contributed by atoms with Gasteiger partial charge in [-0.1, -0.05) is 62.2 Å². The largest absolute Gasteiger partial charge is 0.352 e. The molecule has 1 saturated carbocycles. The first-order chi connectivity index (χ1) is 18.9. The maximum atomic E-state index is 15.8. The molecule has 1 spiro atoms. The maximum absolute atomic E-state index is 15.8. The number of amides is 2. The fourth-order valence-corrected chi connectivity index (χ4v) is 8.52. The second kappa shape index (κ2) is 10.2. The lowest BCUT2D eigenvalue weighted by molar-refractivity contribution is -0.125. The van der Waals surface area contributed by atoms with Gasteiger partial charge in [0.15, 0.2) is 0 Å². The molecule has 1 saturated heterocycles. The minimum absolute atomic E-state index is 0.104. The molecule has 0 radical (unpaired) electrons. The number of nitrogens with one attached hydrogen (secondary N) is 4. The van der Waals surface area contributed by atoms with Gasteiger partial charge in [0.05, 0.1) is 17.3 Å². The van der Waals surface area contributed by atoms with E-state index in [9.17, 15) is 18.0 Å². The first kappa shape index (κ1) is 30.2. The van der Waals surface area contributed by atoms with Gasteiger partial charge in [-0.15, -0.1) is 0 Å². The van der Waals surface area contributed by atoms with Crippen molar-refractivity contribution in [3.05, 3.63) is 63.4 Å². The summed E-state index contributed by atoms with van der Waals surface area (Å²) in [4.78, 5) is 28.2. The monoisotopic (exact) mass is 624 g/mol. The van der Waals surface area contributed by atoms with Gasteiger partial charge in [0, 0.05) is 34.3 Å². The number of carbonyl (C=O) groups is 2.